The lowest BCUT2D eigenvalue weighted by Crippen LogP contribution is -2.35. The number of hydrogen-bond acceptors (Lipinski definition) is 8. The van der Waals surface area contributed by atoms with Gasteiger partial charge in [-0.15, -0.1) is 5.06 Å². The van der Waals surface area contributed by atoms with Crippen molar-refractivity contribution in [1.82, 2.24) is 0 Å². The number of hydrogen-bond donors (Lipinski definition) is 2. The Kier molecular flexibility index (Phi) is 8.37. The smallest absolute Gasteiger partial charge is 0.338 e. The minimum Gasteiger partial charge on any atom is -0.465 e. The summed E-state index contributed by atoms with van der Waals surface area (Å²) in [7, 11) is 1.27. The third kappa shape index (κ3) is 6.66. The minimum atomic E-state index is -0.917. The lowest BCUT2D eigenvalue weighted by Gasteiger charge is -2.22. The normalized spacial score (nSPS) is 14.2. The Bertz CT molecular complexity index is 1400. The van der Waals surface area contributed by atoms with Crippen LogP contribution in [0.25, 0.3) is 5.57 Å². The molecule has 2 aromatic rings. The van der Waals surface area contributed by atoms with Gasteiger partial charge in [-0.25, -0.2) is 14.4 Å². The molecule has 0 aliphatic carbocycles. The van der Waals surface area contributed by atoms with Crippen molar-refractivity contribution in [2.75, 3.05) is 22.8 Å². The van der Waals surface area contributed by atoms with Gasteiger partial charge < -0.3 is 24.9 Å². The van der Waals surface area contributed by atoms with Gasteiger partial charge in [-0.3, -0.25) is 9.59 Å². The monoisotopic (exact) mass is 551 g/mol. The molecule has 1 aliphatic rings. The Morgan fingerprint density at radius 3 is 1.90 bits per heavy atom. The van der Waals surface area contributed by atoms with Gasteiger partial charge in [0.1, 0.15) is 5.76 Å². The standard InChI is InChI=1S/C29H33N3O8/c1-16(39-25(35)28(2,3)4)22-20-14-13-19(15-21(20)32(23(22)33)40-26(36)29(5,6)7)31-27(37)30-18-11-9-17(10-12-18)24(34)38-8/h9-15H,1-8H3,(H2,30,31,37)/b22-16-. The summed E-state index contributed by atoms with van der Waals surface area (Å²) >= 11 is 0. The number of carbonyl (C=O) groups is 5. The van der Waals surface area contributed by atoms with Crippen molar-refractivity contribution in [1.29, 1.82) is 0 Å². The van der Waals surface area contributed by atoms with Gasteiger partial charge >= 0.3 is 23.9 Å². The van der Waals surface area contributed by atoms with Crippen LogP contribution in [0.3, 0.4) is 0 Å². The van der Waals surface area contributed by atoms with E-state index in [9.17, 15) is 24.0 Å². The molecule has 0 radical (unpaired) electrons. The van der Waals surface area contributed by atoms with E-state index in [1.807, 2.05) is 0 Å². The molecule has 0 atom stereocenters. The Morgan fingerprint density at radius 1 is 0.800 bits per heavy atom. The summed E-state index contributed by atoms with van der Waals surface area (Å²) in [5.41, 5.74) is -0.101. The lowest BCUT2D eigenvalue weighted by atomic mass is 9.97. The molecule has 2 N–H and O–H groups in total. The average Bonchev–Trinajstić information content (AvgIpc) is 3.13. The molecule has 3 amide bonds. The van der Waals surface area contributed by atoms with E-state index in [0.29, 0.717) is 16.8 Å². The molecule has 11 nitrogen and oxygen atoms in total. The maximum atomic E-state index is 13.4. The maximum Gasteiger partial charge on any atom is 0.338 e. The van der Waals surface area contributed by atoms with Gasteiger partial charge in [0.2, 0.25) is 0 Å². The second-order valence-electron chi connectivity index (χ2n) is 11.2. The number of rotatable bonds is 5. The number of methoxy groups -OCH3 is 1. The zero-order valence-corrected chi connectivity index (χ0v) is 23.8. The van der Waals surface area contributed by atoms with E-state index in [-0.39, 0.29) is 22.7 Å². The average molecular weight is 552 g/mol. The van der Waals surface area contributed by atoms with Crippen LogP contribution >= 0.6 is 0 Å². The first-order valence-electron chi connectivity index (χ1n) is 12.4. The van der Waals surface area contributed by atoms with Crippen LogP contribution in [-0.4, -0.2) is 37.0 Å². The van der Waals surface area contributed by atoms with Crippen molar-refractivity contribution in [3.8, 4) is 0 Å². The molecule has 0 unspecified atom stereocenters. The van der Waals surface area contributed by atoms with Crippen molar-refractivity contribution in [3.05, 3.63) is 59.4 Å². The van der Waals surface area contributed by atoms with E-state index in [4.69, 9.17) is 9.57 Å². The van der Waals surface area contributed by atoms with Crippen LogP contribution in [0.2, 0.25) is 0 Å². The highest BCUT2D eigenvalue weighted by Crippen LogP contribution is 2.41. The fraction of sp³-hybridized carbons (Fsp3) is 0.345. The van der Waals surface area contributed by atoms with Gasteiger partial charge in [-0.05, 0) is 90.9 Å². The lowest BCUT2D eigenvalue weighted by molar-refractivity contribution is -0.157. The largest absolute Gasteiger partial charge is 0.465 e. The number of allylic oxidation sites excluding steroid dienone is 1. The molecule has 40 heavy (non-hydrogen) atoms. The van der Waals surface area contributed by atoms with E-state index < -0.39 is 40.7 Å². The first kappa shape index (κ1) is 29.9. The molecule has 1 aliphatic heterocycles. The van der Waals surface area contributed by atoms with Gasteiger partial charge in [0.15, 0.2) is 0 Å². The summed E-state index contributed by atoms with van der Waals surface area (Å²) in [4.78, 5) is 68.3. The number of fused-ring (bicyclic) bond motifs is 1. The van der Waals surface area contributed by atoms with Crippen LogP contribution in [0, 0.1) is 10.8 Å². The second kappa shape index (κ2) is 11.2. The molecule has 1 heterocycles. The van der Waals surface area contributed by atoms with Crippen LogP contribution in [0.1, 0.15) is 64.4 Å². The number of hydroxylamine groups is 1. The fourth-order valence-corrected chi connectivity index (χ4v) is 3.41. The quantitative estimate of drug-likeness (QED) is 0.290. The van der Waals surface area contributed by atoms with E-state index in [1.54, 1.807) is 65.8 Å². The van der Waals surface area contributed by atoms with E-state index >= 15 is 0 Å². The Hall–Kier alpha value is -4.67. The zero-order valence-electron chi connectivity index (χ0n) is 23.8. The SMILES string of the molecule is COC(=O)c1ccc(NC(=O)Nc2ccc3c(c2)N(OC(=O)C(C)(C)C)C(=O)/C3=C(/C)OC(=O)C(C)(C)C)cc1. The van der Waals surface area contributed by atoms with E-state index in [0.717, 1.165) is 5.06 Å². The first-order valence-corrected chi connectivity index (χ1v) is 12.4. The molecule has 0 saturated heterocycles. The molecule has 0 spiro atoms. The van der Waals surface area contributed by atoms with Crippen molar-refractivity contribution < 1.29 is 38.3 Å². The molecule has 0 bridgehead atoms. The van der Waals surface area contributed by atoms with Gasteiger partial charge in [-0.2, -0.15) is 0 Å². The van der Waals surface area contributed by atoms with Crippen LogP contribution in [-0.2, 0) is 28.7 Å². The number of benzene rings is 2. The van der Waals surface area contributed by atoms with Crippen LogP contribution in [0.4, 0.5) is 21.9 Å². The number of nitrogens with one attached hydrogen (secondary N) is 2. The number of esters is 2. The summed E-state index contributed by atoms with van der Waals surface area (Å²) in [5.74, 6) is -2.35. The molecular weight excluding hydrogens is 518 g/mol. The Morgan fingerprint density at radius 2 is 1.35 bits per heavy atom. The number of amides is 3. The van der Waals surface area contributed by atoms with E-state index in [1.165, 1.54) is 32.2 Å². The van der Waals surface area contributed by atoms with Crippen molar-refractivity contribution in [3.63, 3.8) is 0 Å². The second-order valence-corrected chi connectivity index (χ2v) is 11.2. The maximum absolute atomic E-state index is 13.4. The third-order valence-electron chi connectivity index (χ3n) is 5.70. The molecule has 11 heteroatoms. The third-order valence-corrected chi connectivity index (χ3v) is 5.70. The highest BCUT2D eigenvalue weighted by Gasteiger charge is 2.40. The molecule has 2 aromatic carbocycles. The summed E-state index contributed by atoms with van der Waals surface area (Å²) in [6, 6.07) is 10.1. The predicted octanol–water partition coefficient (Wildman–Crippen LogP) is 5.29. The van der Waals surface area contributed by atoms with Gasteiger partial charge in [-0.1, -0.05) is 0 Å². The number of carbonyl (C=O) groups excluding carboxylic acids is 5. The molecular formula is C29H33N3O8. The summed E-state index contributed by atoms with van der Waals surface area (Å²) in [6.07, 6.45) is 0. The molecule has 212 valence electrons. The molecule has 0 aromatic heterocycles. The number of anilines is 3. The van der Waals surface area contributed by atoms with Crippen molar-refractivity contribution in [2.24, 2.45) is 10.8 Å². The first-order chi connectivity index (χ1) is 18.5. The van der Waals surface area contributed by atoms with Crippen LogP contribution < -0.4 is 15.7 Å². The highest BCUT2D eigenvalue weighted by atomic mass is 16.7. The molecule has 0 fully saturated rings. The summed E-state index contributed by atoms with van der Waals surface area (Å²) in [6.45, 7) is 11.5. The number of ether oxygens (including phenoxy) is 2. The number of nitrogens with zero attached hydrogens (tertiary/aromatic N) is 1. The predicted molar refractivity (Wildman–Crippen MR) is 148 cm³/mol. The van der Waals surface area contributed by atoms with E-state index in [2.05, 4.69) is 15.4 Å². The summed E-state index contributed by atoms with van der Waals surface area (Å²) < 4.78 is 10.1. The van der Waals surface area contributed by atoms with Gasteiger partial charge in [0.05, 0.1) is 34.8 Å². The minimum absolute atomic E-state index is 0.0503. The van der Waals surface area contributed by atoms with Crippen LogP contribution in [0.5, 0.6) is 0 Å². The topological polar surface area (TPSA) is 140 Å². The highest BCUT2D eigenvalue weighted by molar-refractivity contribution is 6.32. The zero-order chi connectivity index (χ0) is 30.0. The Labute approximate surface area is 232 Å². The molecule has 0 saturated carbocycles. The van der Waals surface area contributed by atoms with Gasteiger partial charge in [0, 0.05) is 16.9 Å². The Balaban J connectivity index is 1.91. The van der Waals surface area contributed by atoms with Crippen molar-refractivity contribution in [2.45, 2.75) is 48.5 Å². The van der Waals surface area contributed by atoms with Gasteiger partial charge in [0.25, 0.3) is 5.91 Å². The molecule has 3 rings (SSSR count). The number of urea groups is 1. The fourth-order valence-electron chi connectivity index (χ4n) is 3.41. The van der Waals surface area contributed by atoms with Crippen molar-refractivity contribution >= 4 is 52.5 Å². The van der Waals surface area contributed by atoms with Crippen LogP contribution in [0.15, 0.2) is 48.2 Å². The summed E-state index contributed by atoms with van der Waals surface area (Å²) in [5, 5.41) is 6.14.